The Morgan fingerprint density at radius 3 is 2.03 bits per heavy atom. The van der Waals surface area contributed by atoms with Crippen molar-refractivity contribution in [3.05, 3.63) is 77.8 Å². The number of carbonyl (C=O) groups is 1. The fraction of sp³-hybridized carbons (Fsp3) is 0.440. The van der Waals surface area contributed by atoms with Crippen molar-refractivity contribution in [3.8, 4) is 0 Å². The van der Waals surface area contributed by atoms with E-state index >= 15 is 0 Å². The van der Waals surface area contributed by atoms with Gasteiger partial charge in [-0.1, -0.05) is 60.7 Å². The van der Waals surface area contributed by atoms with Crippen molar-refractivity contribution < 1.29 is 19.7 Å². The Morgan fingerprint density at radius 2 is 1.52 bits per heavy atom. The first kappa shape index (κ1) is 24.9. The molecule has 2 aromatic carbocycles. The standard InChI is InChI=1S/C25H35N2O4/c1-24(2,3)31-23(29)27-22(20(28)16-15-18-11-7-5-8-12-18)25(4,30)21(26)17-19-13-9-6-10-14-19/h5-14,20,22,28,30H,15-17,26H2,1-4H3,(H,27,29). The summed E-state index contributed by atoms with van der Waals surface area (Å²) in [6.45, 7) is 6.77. The molecule has 0 saturated carbocycles. The molecule has 3 atom stereocenters. The van der Waals surface area contributed by atoms with E-state index in [0.717, 1.165) is 11.1 Å². The Morgan fingerprint density at radius 1 is 1.00 bits per heavy atom. The SMILES string of the molecule is CC(C)(C)OC(=O)NC(C(O)CCc1ccccc1)C(C)(O)[C](N)Cc1ccccc1. The molecule has 0 heterocycles. The number of hydrogen-bond donors (Lipinski definition) is 4. The fourth-order valence-electron chi connectivity index (χ4n) is 3.37. The second-order valence-corrected chi connectivity index (χ2v) is 9.05. The number of alkyl carbamates (subject to hydrolysis) is 1. The normalized spacial score (nSPS) is 15.7. The van der Waals surface area contributed by atoms with E-state index in [1.54, 1.807) is 20.8 Å². The average molecular weight is 428 g/mol. The maximum Gasteiger partial charge on any atom is 0.408 e. The highest BCUT2D eigenvalue weighted by Gasteiger charge is 2.43. The molecule has 169 valence electrons. The minimum Gasteiger partial charge on any atom is -0.444 e. The van der Waals surface area contributed by atoms with Gasteiger partial charge in [0, 0.05) is 0 Å². The van der Waals surface area contributed by atoms with Gasteiger partial charge in [0.1, 0.15) is 11.2 Å². The number of hydrogen-bond acceptors (Lipinski definition) is 5. The summed E-state index contributed by atoms with van der Waals surface area (Å²) >= 11 is 0. The minimum absolute atomic E-state index is 0.249. The van der Waals surface area contributed by atoms with Gasteiger partial charge in [0.25, 0.3) is 0 Å². The summed E-state index contributed by atoms with van der Waals surface area (Å²) in [7, 11) is 0. The van der Waals surface area contributed by atoms with Crippen LogP contribution < -0.4 is 11.1 Å². The number of ether oxygens (including phenoxy) is 1. The summed E-state index contributed by atoms with van der Waals surface area (Å²) in [5.41, 5.74) is 5.90. The van der Waals surface area contributed by atoms with Crippen molar-refractivity contribution in [2.45, 2.75) is 70.3 Å². The topological polar surface area (TPSA) is 105 Å². The molecule has 0 aromatic heterocycles. The number of aliphatic hydroxyl groups is 2. The first-order valence-corrected chi connectivity index (χ1v) is 10.6. The zero-order valence-electron chi connectivity index (χ0n) is 18.8. The van der Waals surface area contributed by atoms with E-state index in [0.29, 0.717) is 19.3 Å². The van der Waals surface area contributed by atoms with E-state index in [1.807, 2.05) is 60.7 Å². The number of amides is 1. The molecule has 2 rings (SSSR count). The Bertz CT molecular complexity index is 803. The van der Waals surface area contributed by atoms with Crippen molar-refractivity contribution in [2.75, 3.05) is 0 Å². The molecule has 0 aliphatic heterocycles. The van der Waals surface area contributed by atoms with Crippen LogP contribution in [0.25, 0.3) is 0 Å². The van der Waals surface area contributed by atoms with Crippen LogP contribution in [-0.4, -0.2) is 39.7 Å². The molecule has 0 aliphatic rings. The highest BCUT2D eigenvalue weighted by Crippen LogP contribution is 2.27. The number of aliphatic hydroxyl groups excluding tert-OH is 1. The predicted molar refractivity (Wildman–Crippen MR) is 122 cm³/mol. The average Bonchev–Trinajstić information content (AvgIpc) is 2.70. The number of nitrogens with one attached hydrogen (secondary N) is 1. The maximum absolute atomic E-state index is 12.5. The molecule has 0 bridgehead atoms. The summed E-state index contributed by atoms with van der Waals surface area (Å²) in [5.74, 6) is 0. The van der Waals surface area contributed by atoms with Crippen molar-refractivity contribution in [1.82, 2.24) is 5.32 Å². The Balaban J connectivity index is 2.18. The third-order valence-electron chi connectivity index (χ3n) is 5.12. The second-order valence-electron chi connectivity index (χ2n) is 9.05. The maximum atomic E-state index is 12.5. The fourth-order valence-corrected chi connectivity index (χ4v) is 3.37. The van der Waals surface area contributed by atoms with Gasteiger partial charge < -0.3 is 26.0 Å². The van der Waals surface area contributed by atoms with Crippen molar-refractivity contribution in [1.29, 1.82) is 0 Å². The number of rotatable bonds is 9. The molecule has 5 N–H and O–H groups in total. The molecule has 3 unspecified atom stereocenters. The molecule has 0 saturated heterocycles. The second kappa shape index (κ2) is 10.8. The smallest absolute Gasteiger partial charge is 0.408 e. The van der Waals surface area contributed by atoms with Crippen LogP contribution >= 0.6 is 0 Å². The third kappa shape index (κ3) is 7.98. The highest BCUT2D eigenvalue weighted by atomic mass is 16.6. The van der Waals surface area contributed by atoms with E-state index in [4.69, 9.17) is 10.5 Å². The minimum atomic E-state index is -1.66. The molecule has 2 aromatic rings. The molecular weight excluding hydrogens is 392 g/mol. The lowest BCUT2D eigenvalue weighted by atomic mass is 9.81. The summed E-state index contributed by atoms with van der Waals surface area (Å²) < 4.78 is 5.35. The summed E-state index contributed by atoms with van der Waals surface area (Å²) in [4.78, 5) is 12.5. The quantitative estimate of drug-likeness (QED) is 0.491. The van der Waals surface area contributed by atoms with Crippen LogP contribution in [0.15, 0.2) is 60.7 Å². The van der Waals surface area contributed by atoms with Gasteiger partial charge in [-0.05, 0) is 58.1 Å². The number of nitrogens with two attached hydrogens (primary N) is 1. The number of benzene rings is 2. The van der Waals surface area contributed by atoms with Crippen LogP contribution in [0.5, 0.6) is 0 Å². The zero-order chi connectivity index (χ0) is 23.1. The van der Waals surface area contributed by atoms with Gasteiger partial charge in [0.15, 0.2) is 0 Å². The molecule has 1 amide bonds. The molecule has 6 heteroatoms. The molecule has 1 radical (unpaired) electrons. The van der Waals surface area contributed by atoms with Crippen molar-refractivity contribution in [3.63, 3.8) is 0 Å². The molecular formula is C25H35N2O4. The van der Waals surface area contributed by atoms with Gasteiger partial charge in [-0.15, -0.1) is 0 Å². The van der Waals surface area contributed by atoms with Gasteiger partial charge in [-0.3, -0.25) is 0 Å². The van der Waals surface area contributed by atoms with E-state index in [9.17, 15) is 15.0 Å². The summed E-state index contributed by atoms with van der Waals surface area (Å²) in [6, 6.07) is 18.4. The molecule has 0 aliphatic carbocycles. The predicted octanol–water partition coefficient (Wildman–Crippen LogP) is 3.36. The zero-order valence-corrected chi connectivity index (χ0v) is 18.8. The molecule has 0 fully saturated rings. The van der Waals surface area contributed by atoms with Crippen LogP contribution in [-0.2, 0) is 17.6 Å². The van der Waals surface area contributed by atoms with Gasteiger partial charge in [-0.25, -0.2) is 4.79 Å². The molecule has 31 heavy (non-hydrogen) atoms. The van der Waals surface area contributed by atoms with E-state index in [2.05, 4.69) is 5.32 Å². The van der Waals surface area contributed by atoms with Gasteiger partial charge in [-0.2, -0.15) is 0 Å². The van der Waals surface area contributed by atoms with Crippen LogP contribution in [0, 0.1) is 6.04 Å². The lowest BCUT2D eigenvalue weighted by Crippen LogP contribution is -2.62. The van der Waals surface area contributed by atoms with Crippen LogP contribution in [0.2, 0.25) is 0 Å². The van der Waals surface area contributed by atoms with Gasteiger partial charge >= 0.3 is 6.09 Å². The van der Waals surface area contributed by atoms with E-state index in [1.165, 1.54) is 6.92 Å². The lowest BCUT2D eigenvalue weighted by Gasteiger charge is -2.40. The van der Waals surface area contributed by atoms with Gasteiger partial charge in [0.2, 0.25) is 0 Å². The number of carbonyl (C=O) groups excluding carboxylic acids is 1. The molecule has 0 spiro atoms. The van der Waals surface area contributed by atoms with Gasteiger partial charge in [0.05, 0.1) is 18.2 Å². The van der Waals surface area contributed by atoms with Crippen LogP contribution in [0.3, 0.4) is 0 Å². The van der Waals surface area contributed by atoms with Crippen LogP contribution in [0.4, 0.5) is 4.79 Å². The van der Waals surface area contributed by atoms with E-state index in [-0.39, 0.29) is 6.04 Å². The van der Waals surface area contributed by atoms with Crippen LogP contribution in [0.1, 0.15) is 45.2 Å². The highest BCUT2D eigenvalue weighted by molar-refractivity contribution is 5.68. The summed E-state index contributed by atoms with van der Waals surface area (Å²) in [5, 5.41) is 25.0. The third-order valence-corrected chi connectivity index (χ3v) is 5.12. The van der Waals surface area contributed by atoms with E-state index < -0.39 is 29.4 Å². The summed E-state index contributed by atoms with van der Waals surface area (Å²) in [6.07, 6.45) is -0.533. The Labute approximate surface area is 185 Å². The first-order chi connectivity index (χ1) is 14.5. The monoisotopic (exact) mass is 427 g/mol. The van der Waals surface area contributed by atoms with Crippen molar-refractivity contribution in [2.24, 2.45) is 5.73 Å². The Hall–Kier alpha value is -2.41. The Kier molecular flexibility index (Phi) is 8.62. The lowest BCUT2D eigenvalue weighted by molar-refractivity contribution is -0.0336. The first-order valence-electron chi connectivity index (χ1n) is 10.6. The number of aryl methyl sites for hydroxylation is 1. The molecule has 6 nitrogen and oxygen atoms in total. The largest absolute Gasteiger partial charge is 0.444 e. The van der Waals surface area contributed by atoms with Crippen molar-refractivity contribution >= 4 is 6.09 Å².